The molecule has 1 aliphatic heterocycles. The van der Waals surface area contributed by atoms with Crippen LogP contribution in [0.15, 0.2) is 30.3 Å². The van der Waals surface area contributed by atoms with Crippen LogP contribution in [0, 0.1) is 0 Å². The van der Waals surface area contributed by atoms with E-state index in [0.717, 1.165) is 43.9 Å². The zero-order valence-corrected chi connectivity index (χ0v) is 19.6. The van der Waals surface area contributed by atoms with Crippen molar-refractivity contribution in [2.75, 3.05) is 37.6 Å². The van der Waals surface area contributed by atoms with Crippen LogP contribution in [0.5, 0.6) is 0 Å². The Morgan fingerprint density at radius 2 is 1.76 bits per heavy atom. The number of alkyl halides is 3. The van der Waals surface area contributed by atoms with Crippen molar-refractivity contribution >= 4 is 29.2 Å². The number of hydrogen-bond donors (Lipinski definition) is 1. The molecule has 0 saturated carbocycles. The maximum Gasteiger partial charge on any atom is 0.417 e. The molecule has 0 atom stereocenters. The average Bonchev–Trinajstić information content (AvgIpc) is 2.82. The minimum Gasteiger partial charge on any atom is -0.352 e. The number of nitrogens with zero attached hydrogens (tertiary/aromatic N) is 4. The van der Waals surface area contributed by atoms with E-state index >= 15 is 0 Å². The molecule has 1 aromatic carbocycles. The highest BCUT2D eigenvalue weighted by atomic mass is 35.5. The Labute approximate surface area is 201 Å². The van der Waals surface area contributed by atoms with E-state index in [4.69, 9.17) is 11.6 Å². The maximum absolute atomic E-state index is 13.3. The summed E-state index contributed by atoms with van der Waals surface area (Å²) in [5, 5.41) is 11.0. The lowest BCUT2D eigenvalue weighted by atomic mass is 10.1. The quantitative estimate of drug-likeness (QED) is 0.546. The van der Waals surface area contributed by atoms with Gasteiger partial charge in [-0.25, -0.2) is 0 Å². The van der Waals surface area contributed by atoms with Gasteiger partial charge in [0.15, 0.2) is 11.5 Å². The van der Waals surface area contributed by atoms with Crippen molar-refractivity contribution in [1.29, 1.82) is 0 Å². The molecule has 0 bridgehead atoms. The topological polar surface area (TPSA) is 78.4 Å². The van der Waals surface area contributed by atoms with Crippen molar-refractivity contribution in [2.24, 2.45) is 0 Å². The van der Waals surface area contributed by atoms with Crippen molar-refractivity contribution in [1.82, 2.24) is 20.4 Å². The third-order valence-electron chi connectivity index (χ3n) is 5.61. The van der Waals surface area contributed by atoms with Gasteiger partial charge in [-0.1, -0.05) is 37.8 Å². The number of hydrogen-bond acceptors (Lipinski definition) is 5. The van der Waals surface area contributed by atoms with Crippen molar-refractivity contribution in [3.05, 3.63) is 52.2 Å². The predicted octanol–water partition coefficient (Wildman–Crippen LogP) is 4.42. The summed E-state index contributed by atoms with van der Waals surface area (Å²) in [6, 6.07) is 6.26. The highest BCUT2D eigenvalue weighted by Gasteiger charge is 2.37. The van der Waals surface area contributed by atoms with Gasteiger partial charge >= 0.3 is 6.18 Å². The molecular formula is C23H27ClF3N5O2. The zero-order chi connectivity index (χ0) is 24.7. The fourth-order valence-corrected chi connectivity index (χ4v) is 3.88. The Balaban J connectivity index is 1.57. The molecule has 1 saturated heterocycles. The molecule has 0 radical (unpaired) electrons. The summed E-state index contributed by atoms with van der Waals surface area (Å²) in [6.45, 7) is 3.86. The van der Waals surface area contributed by atoms with Crippen LogP contribution in [-0.4, -0.2) is 59.6 Å². The largest absolute Gasteiger partial charge is 0.417 e. The van der Waals surface area contributed by atoms with Crippen LogP contribution in [0.25, 0.3) is 0 Å². The summed E-state index contributed by atoms with van der Waals surface area (Å²) in [4.78, 5) is 28.2. The van der Waals surface area contributed by atoms with Crippen molar-refractivity contribution in [3.63, 3.8) is 0 Å². The number of anilines is 1. The molecule has 2 amide bonds. The molecule has 1 aromatic heterocycles. The van der Waals surface area contributed by atoms with E-state index in [2.05, 4.69) is 22.4 Å². The number of rotatable bonds is 8. The third-order valence-corrected chi connectivity index (χ3v) is 5.84. The molecular weight excluding hydrogens is 471 g/mol. The van der Waals surface area contributed by atoms with Crippen LogP contribution in [0.1, 0.15) is 59.0 Å². The van der Waals surface area contributed by atoms with Gasteiger partial charge in [0.25, 0.3) is 11.8 Å². The monoisotopic (exact) mass is 497 g/mol. The molecule has 2 heterocycles. The van der Waals surface area contributed by atoms with Gasteiger partial charge in [0, 0.05) is 37.7 Å². The first-order chi connectivity index (χ1) is 16.2. The van der Waals surface area contributed by atoms with E-state index < -0.39 is 23.2 Å². The van der Waals surface area contributed by atoms with Crippen LogP contribution in [0.2, 0.25) is 5.02 Å². The first kappa shape index (κ1) is 25.7. The number of benzene rings is 1. The lowest BCUT2D eigenvalue weighted by Crippen LogP contribution is -2.49. The first-order valence-corrected chi connectivity index (χ1v) is 11.6. The van der Waals surface area contributed by atoms with Crippen LogP contribution < -0.4 is 10.2 Å². The molecule has 1 aliphatic rings. The molecule has 1 N–H and O–H groups in total. The van der Waals surface area contributed by atoms with E-state index in [9.17, 15) is 22.8 Å². The standard InChI is InChI=1S/C23H27ClF3N5O2/c1-2-3-4-5-10-28-21(33)19-8-9-20(30-29-19)31-11-13-32(14-12-31)22(34)17-15-16(24)6-7-18(17)23(25,26)27/h6-9,15H,2-5,10-14H2,1H3,(H,28,33). The second-order valence-corrected chi connectivity index (χ2v) is 8.50. The van der Waals surface area contributed by atoms with Crippen molar-refractivity contribution in [3.8, 4) is 0 Å². The predicted molar refractivity (Wildman–Crippen MR) is 123 cm³/mol. The number of unbranched alkanes of at least 4 members (excludes halogenated alkanes) is 3. The van der Waals surface area contributed by atoms with Gasteiger partial charge in [-0.2, -0.15) is 13.2 Å². The Hall–Kier alpha value is -2.88. The van der Waals surface area contributed by atoms with E-state index in [1.165, 1.54) is 4.90 Å². The molecule has 11 heteroatoms. The fraction of sp³-hybridized carbons (Fsp3) is 0.478. The summed E-state index contributed by atoms with van der Waals surface area (Å²) < 4.78 is 40.0. The number of halogens is 4. The number of piperazine rings is 1. The maximum atomic E-state index is 13.3. The molecule has 34 heavy (non-hydrogen) atoms. The first-order valence-electron chi connectivity index (χ1n) is 11.2. The molecule has 0 unspecified atom stereocenters. The Kier molecular flexibility index (Phi) is 8.71. The van der Waals surface area contributed by atoms with E-state index in [1.54, 1.807) is 12.1 Å². The average molecular weight is 498 g/mol. The highest BCUT2D eigenvalue weighted by Crippen LogP contribution is 2.34. The summed E-state index contributed by atoms with van der Waals surface area (Å²) in [5.74, 6) is -0.468. The smallest absolute Gasteiger partial charge is 0.352 e. The number of carbonyl (C=O) groups is 2. The van der Waals surface area contributed by atoms with Gasteiger partial charge in [0.05, 0.1) is 11.1 Å². The normalized spacial score (nSPS) is 14.3. The van der Waals surface area contributed by atoms with Gasteiger partial charge in [0.1, 0.15) is 0 Å². The SMILES string of the molecule is CCCCCCNC(=O)c1ccc(N2CCN(C(=O)c3cc(Cl)ccc3C(F)(F)F)CC2)nn1. The van der Waals surface area contributed by atoms with Gasteiger partial charge in [-0.15, -0.1) is 10.2 Å². The molecule has 3 rings (SSSR count). The minimum atomic E-state index is -4.66. The van der Waals surface area contributed by atoms with Crippen LogP contribution in [0.4, 0.5) is 19.0 Å². The van der Waals surface area contributed by atoms with Gasteiger partial charge in [0.2, 0.25) is 0 Å². The number of carbonyl (C=O) groups excluding carboxylic acids is 2. The third kappa shape index (κ3) is 6.59. The van der Waals surface area contributed by atoms with Crippen molar-refractivity contribution in [2.45, 2.75) is 38.8 Å². The Morgan fingerprint density at radius 1 is 1.03 bits per heavy atom. The number of nitrogens with one attached hydrogen (secondary N) is 1. The summed E-state index contributed by atoms with van der Waals surface area (Å²) in [7, 11) is 0. The molecule has 0 aliphatic carbocycles. The van der Waals surface area contributed by atoms with E-state index in [-0.39, 0.29) is 29.7 Å². The minimum absolute atomic E-state index is 0.0651. The summed E-state index contributed by atoms with van der Waals surface area (Å²) in [5.41, 5.74) is -1.25. The molecule has 184 valence electrons. The van der Waals surface area contributed by atoms with E-state index in [0.29, 0.717) is 25.5 Å². The molecule has 1 fully saturated rings. The van der Waals surface area contributed by atoms with Crippen LogP contribution >= 0.6 is 11.6 Å². The highest BCUT2D eigenvalue weighted by molar-refractivity contribution is 6.31. The second kappa shape index (κ2) is 11.5. The number of aromatic nitrogens is 2. The molecule has 7 nitrogen and oxygen atoms in total. The van der Waals surface area contributed by atoms with Gasteiger partial charge < -0.3 is 15.1 Å². The Morgan fingerprint density at radius 3 is 2.38 bits per heavy atom. The lowest BCUT2D eigenvalue weighted by Gasteiger charge is -2.35. The summed E-state index contributed by atoms with van der Waals surface area (Å²) >= 11 is 5.85. The second-order valence-electron chi connectivity index (χ2n) is 8.06. The van der Waals surface area contributed by atoms with E-state index in [1.807, 2.05) is 4.90 Å². The van der Waals surface area contributed by atoms with Crippen molar-refractivity contribution < 1.29 is 22.8 Å². The fourth-order valence-electron chi connectivity index (χ4n) is 3.71. The molecule has 2 aromatic rings. The van der Waals surface area contributed by atoms with Gasteiger partial charge in [-0.3, -0.25) is 9.59 Å². The number of amides is 2. The molecule has 0 spiro atoms. The Bertz CT molecular complexity index is 993. The van der Waals surface area contributed by atoms with Crippen LogP contribution in [0.3, 0.4) is 0 Å². The van der Waals surface area contributed by atoms with Crippen LogP contribution in [-0.2, 0) is 6.18 Å². The summed E-state index contributed by atoms with van der Waals surface area (Å²) in [6.07, 6.45) is -0.431. The van der Waals surface area contributed by atoms with Gasteiger partial charge in [-0.05, 0) is 36.8 Å². The zero-order valence-electron chi connectivity index (χ0n) is 18.9. The lowest BCUT2D eigenvalue weighted by molar-refractivity contribution is -0.138.